The Morgan fingerprint density at radius 1 is 1.67 bits per heavy atom. The van der Waals surface area contributed by atoms with Crippen molar-refractivity contribution in [3.05, 3.63) is 16.1 Å². The summed E-state index contributed by atoms with van der Waals surface area (Å²) in [5, 5.41) is 0. The minimum atomic E-state index is 0.160. The fraction of sp³-hybridized carbons (Fsp3) is 0.500. The monoisotopic (exact) mass is 182 g/mol. The Hall–Kier alpha value is -0.740. The van der Waals surface area contributed by atoms with Crippen LogP contribution in [0, 0.1) is 5.92 Å². The van der Waals surface area contributed by atoms with Crippen LogP contribution in [-0.2, 0) is 6.42 Å². The first-order chi connectivity index (χ1) is 5.81. The van der Waals surface area contributed by atoms with E-state index in [2.05, 4.69) is 4.98 Å². The molecule has 1 aliphatic rings. The molecule has 12 heavy (non-hydrogen) atoms. The number of rotatable bonds is 1. The summed E-state index contributed by atoms with van der Waals surface area (Å²) in [5.74, 6) is 0.499. The van der Waals surface area contributed by atoms with Crippen molar-refractivity contribution in [1.29, 1.82) is 0 Å². The molecule has 0 saturated heterocycles. The lowest BCUT2D eigenvalue weighted by atomic mass is 9.90. The van der Waals surface area contributed by atoms with Gasteiger partial charge in [-0.2, -0.15) is 0 Å². The van der Waals surface area contributed by atoms with Gasteiger partial charge in [0.05, 0.1) is 5.51 Å². The zero-order chi connectivity index (χ0) is 8.55. The Morgan fingerprint density at radius 3 is 3.25 bits per heavy atom. The van der Waals surface area contributed by atoms with Gasteiger partial charge in [-0.15, -0.1) is 11.3 Å². The second-order valence-corrected chi connectivity index (χ2v) is 4.00. The van der Waals surface area contributed by atoms with Crippen molar-refractivity contribution in [2.75, 3.05) is 6.54 Å². The number of thiazole rings is 1. The molecule has 4 heteroatoms. The molecule has 2 N–H and O–H groups in total. The van der Waals surface area contributed by atoms with Crippen LogP contribution in [0.2, 0.25) is 0 Å². The molecular formula is C8H10N2OS. The highest BCUT2D eigenvalue weighted by Gasteiger charge is 2.26. The van der Waals surface area contributed by atoms with Crippen LogP contribution >= 0.6 is 11.3 Å². The molecule has 1 heterocycles. The van der Waals surface area contributed by atoms with E-state index in [1.54, 1.807) is 16.8 Å². The SMILES string of the molecule is NCC1CC(=O)c2ncsc2C1. The first-order valence-corrected chi connectivity index (χ1v) is 4.85. The summed E-state index contributed by atoms with van der Waals surface area (Å²) in [6.07, 6.45) is 1.51. The molecule has 1 aliphatic carbocycles. The maximum absolute atomic E-state index is 11.4. The number of hydrogen-bond donors (Lipinski definition) is 1. The Balaban J connectivity index is 2.32. The van der Waals surface area contributed by atoms with Gasteiger partial charge in [0, 0.05) is 11.3 Å². The molecule has 1 aromatic rings. The van der Waals surface area contributed by atoms with Crippen LogP contribution in [0.25, 0.3) is 0 Å². The topological polar surface area (TPSA) is 56.0 Å². The van der Waals surface area contributed by atoms with E-state index in [9.17, 15) is 4.79 Å². The van der Waals surface area contributed by atoms with E-state index in [1.165, 1.54) is 0 Å². The molecule has 64 valence electrons. The molecule has 0 aliphatic heterocycles. The third-order valence-electron chi connectivity index (χ3n) is 2.19. The number of nitrogens with two attached hydrogens (primary N) is 1. The van der Waals surface area contributed by atoms with Crippen molar-refractivity contribution in [2.24, 2.45) is 11.7 Å². The Labute approximate surface area is 74.6 Å². The molecule has 0 amide bonds. The summed E-state index contributed by atoms with van der Waals surface area (Å²) in [5.41, 5.74) is 7.95. The smallest absolute Gasteiger partial charge is 0.182 e. The average Bonchev–Trinajstić information content (AvgIpc) is 2.52. The molecule has 1 unspecified atom stereocenters. The van der Waals surface area contributed by atoms with Crippen LogP contribution in [0.5, 0.6) is 0 Å². The largest absolute Gasteiger partial charge is 0.330 e. The molecule has 1 aromatic heterocycles. The van der Waals surface area contributed by atoms with Crippen LogP contribution in [-0.4, -0.2) is 17.3 Å². The highest BCUT2D eigenvalue weighted by molar-refractivity contribution is 7.10. The number of ketones is 1. The van der Waals surface area contributed by atoms with Gasteiger partial charge in [-0.3, -0.25) is 4.79 Å². The molecule has 2 rings (SSSR count). The quantitative estimate of drug-likeness (QED) is 0.700. The minimum Gasteiger partial charge on any atom is -0.330 e. The molecule has 0 saturated carbocycles. The summed E-state index contributed by atoms with van der Waals surface area (Å²) >= 11 is 1.56. The molecule has 0 bridgehead atoms. The molecule has 0 aromatic carbocycles. The van der Waals surface area contributed by atoms with Gasteiger partial charge in [-0.1, -0.05) is 0 Å². The van der Waals surface area contributed by atoms with Crippen molar-refractivity contribution in [2.45, 2.75) is 12.8 Å². The number of carbonyl (C=O) groups is 1. The van der Waals surface area contributed by atoms with Gasteiger partial charge >= 0.3 is 0 Å². The summed E-state index contributed by atoms with van der Waals surface area (Å²) in [6.45, 7) is 0.600. The molecule has 0 fully saturated rings. The predicted molar refractivity (Wildman–Crippen MR) is 47.3 cm³/mol. The van der Waals surface area contributed by atoms with Crippen LogP contribution in [0.1, 0.15) is 21.8 Å². The zero-order valence-electron chi connectivity index (χ0n) is 6.62. The lowest BCUT2D eigenvalue weighted by molar-refractivity contribution is 0.0947. The van der Waals surface area contributed by atoms with Crippen LogP contribution in [0.15, 0.2) is 5.51 Å². The molecule has 0 radical (unpaired) electrons. The maximum atomic E-state index is 11.4. The van der Waals surface area contributed by atoms with Crippen LogP contribution < -0.4 is 5.73 Å². The molecule has 1 atom stereocenters. The maximum Gasteiger partial charge on any atom is 0.182 e. The lowest BCUT2D eigenvalue weighted by Crippen LogP contribution is -2.25. The van der Waals surface area contributed by atoms with Gasteiger partial charge in [-0.05, 0) is 18.9 Å². The summed E-state index contributed by atoms with van der Waals surface area (Å²) < 4.78 is 0. The fourth-order valence-electron chi connectivity index (χ4n) is 1.50. The average molecular weight is 182 g/mol. The highest BCUT2D eigenvalue weighted by Crippen LogP contribution is 2.26. The van der Waals surface area contributed by atoms with E-state index >= 15 is 0 Å². The number of aromatic nitrogens is 1. The van der Waals surface area contributed by atoms with Crippen molar-refractivity contribution >= 4 is 17.1 Å². The van der Waals surface area contributed by atoms with E-state index in [-0.39, 0.29) is 5.78 Å². The number of fused-ring (bicyclic) bond motifs is 1. The summed E-state index contributed by atoms with van der Waals surface area (Å²) in [4.78, 5) is 16.6. The third kappa shape index (κ3) is 1.17. The van der Waals surface area contributed by atoms with Crippen LogP contribution in [0.3, 0.4) is 0 Å². The highest BCUT2D eigenvalue weighted by atomic mass is 32.1. The van der Waals surface area contributed by atoms with Crippen molar-refractivity contribution in [3.8, 4) is 0 Å². The standard InChI is InChI=1S/C8H10N2OS/c9-3-5-1-6(11)8-7(2-5)12-4-10-8/h4-5H,1-3,9H2. The van der Waals surface area contributed by atoms with E-state index in [0.29, 0.717) is 24.6 Å². The van der Waals surface area contributed by atoms with Gasteiger partial charge in [0.15, 0.2) is 5.78 Å². The van der Waals surface area contributed by atoms with Crippen molar-refractivity contribution < 1.29 is 4.79 Å². The lowest BCUT2D eigenvalue weighted by Gasteiger charge is -2.17. The summed E-state index contributed by atoms with van der Waals surface area (Å²) in [6, 6.07) is 0. The molecule has 0 spiro atoms. The van der Waals surface area contributed by atoms with Gasteiger partial charge in [0.1, 0.15) is 5.69 Å². The van der Waals surface area contributed by atoms with Crippen molar-refractivity contribution in [3.63, 3.8) is 0 Å². The summed E-state index contributed by atoms with van der Waals surface area (Å²) in [7, 11) is 0. The van der Waals surface area contributed by atoms with Gasteiger partial charge in [0.2, 0.25) is 0 Å². The zero-order valence-corrected chi connectivity index (χ0v) is 7.43. The minimum absolute atomic E-state index is 0.160. The number of Topliss-reactive ketones (excluding diaryl/α,β-unsaturated/α-hetero) is 1. The first kappa shape index (κ1) is 7.89. The third-order valence-corrected chi connectivity index (χ3v) is 3.04. The number of hydrogen-bond acceptors (Lipinski definition) is 4. The van der Waals surface area contributed by atoms with Gasteiger partial charge < -0.3 is 5.73 Å². The Bertz CT molecular complexity index is 308. The first-order valence-electron chi connectivity index (χ1n) is 3.97. The van der Waals surface area contributed by atoms with Gasteiger partial charge in [-0.25, -0.2) is 4.98 Å². The molecular weight excluding hydrogens is 172 g/mol. The second kappa shape index (κ2) is 2.95. The Morgan fingerprint density at radius 2 is 2.50 bits per heavy atom. The predicted octanol–water partition coefficient (Wildman–Crippen LogP) is 0.847. The Kier molecular flexibility index (Phi) is 1.94. The normalized spacial score (nSPS) is 22.4. The van der Waals surface area contributed by atoms with E-state index < -0.39 is 0 Å². The number of nitrogens with zero attached hydrogens (tertiary/aromatic N) is 1. The van der Waals surface area contributed by atoms with Crippen LogP contribution in [0.4, 0.5) is 0 Å². The van der Waals surface area contributed by atoms with Crippen molar-refractivity contribution in [1.82, 2.24) is 4.98 Å². The number of carbonyl (C=O) groups excluding carboxylic acids is 1. The molecule has 3 nitrogen and oxygen atoms in total. The van der Waals surface area contributed by atoms with Gasteiger partial charge in [0.25, 0.3) is 0 Å². The van der Waals surface area contributed by atoms with E-state index in [0.717, 1.165) is 11.3 Å². The van der Waals surface area contributed by atoms with E-state index in [4.69, 9.17) is 5.73 Å². The van der Waals surface area contributed by atoms with E-state index in [1.807, 2.05) is 0 Å². The fourth-order valence-corrected chi connectivity index (χ4v) is 2.40. The second-order valence-electron chi connectivity index (χ2n) is 3.06.